The molecule has 13 nitrogen and oxygen atoms in total. The Morgan fingerprint density at radius 3 is 2.49 bits per heavy atom. The lowest BCUT2D eigenvalue weighted by molar-refractivity contribution is -0.0712. The summed E-state index contributed by atoms with van der Waals surface area (Å²) in [6.45, 7) is 5.56. The number of hydrogen-bond acceptors (Lipinski definition) is 9. The van der Waals surface area contributed by atoms with Gasteiger partial charge in [-0.1, -0.05) is 12.1 Å². The molecule has 288 valence electrons. The van der Waals surface area contributed by atoms with Gasteiger partial charge < -0.3 is 28.8 Å². The van der Waals surface area contributed by atoms with E-state index < -0.39 is 58.4 Å². The standard InChI is InChI=1S/C34H39F5N6O7S/c1-18(52-53(48,49)34(37,38)39)28(36)50-26-8-6-7-20-13-25(45(27(20)26)16-19-9-10-19)30-42-24-14-22-23(41-29(24)43(30)5)11-12-44(31(22)46)17-21(15-35)40-32(47)51-33(2,3)4/h6-8,13-14,18-19,21,28H,9-12,15-17H2,1-5H3,(H,40,47). The van der Waals surface area contributed by atoms with Crippen molar-refractivity contribution in [3.05, 3.63) is 41.6 Å². The quantitative estimate of drug-likeness (QED) is 0.107. The van der Waals surface area contributed by atoms with E-state index in [0.29, 0.717) is 52.2 Å². The molecule has 53 heavy (non-hydrogen) atoms. The molecule has 2 amide bonds. The van der Waals surface area contributed by atoms with Gasteiger partial charge in [0.25, 0.3) is 12.3 Å². The molecule has 1 aliphatic heterocycles. The first-order chi connectivity index (χ1) is 24.8. The number of carbonyl (C=O) groups is 2. The van der Waals surface area contributed by atoms with E-state index in [1.54, 1.807) is 56.7 Å². The van der Waals surface area contributed by atoms with Crippen LogP contribution in [-0.2, 0) is 39.1 Å². The number of pyridine rings is 1. The lowest BCUT2D eigenvalue weighted by Crippen LogP contribution is -2.50. The van der Waals surface area contributed by atoms with Crippen LogP contribution in [0.1, 0.15) is 56.6 Å². The van der Waals surface area contributed by atoms with E-state index >= 15 is 4.39 Å². The van der Waals surface area contributed by atoms with Crippen molar-refractivity contribution in [1.29, 1.82) is 0 Å². The van der Waals surface area contributed by atoms with Crippen molar-refractivity contribution in [3.63, 3.8) is 0 Å². The molecule has 3 aromatic heterocycles. The molecule has 19 heteroatoms. The van der Waals surface area contributed by atoms with Gasteiger partial charge in [0.2, 0.25) is 0 Å². The van der Waals surface area contributed by atoms with Gasteiger partial charge in [-0.15, -0.1) is 0 Å². The number of alkyl halides is 5. The lowest BCUT2D eigenvalue weighted by Gasteiger charge is -2.31. The third kappa shape index (κ3) is 8.05. The van der Waals surface area contributed by atoms with Crippen LogP contribution in [0.5, 0.6) is 5.75 Å². The molecule has 0 bridgehead atoms. The number of carbonyl (C=O) groups excluding carboxylic acids is 2. The Hall–Kier alpha value is -4.52. The van der Waals surface area contributed by atoms with E-state index in [1.165, 1.54) is 11.0 Å². The van der Waals surface area contributed by atoms with Crippen LogP contribution in [0.15, 0.2) is 30.3 Å². The van der Waals surface area contributed by atoms with Gasteiger partial charge in [0, 0.05) is 38.5 Å². The van der Waals surface area contributed by atoms with Crippen LogP contribution in [0.25, 0.3) is 33.6 Å². The molecule has 4 aromatic rings. The number of nitrogens with zero attached hydrogens (tertiary/aromatic N) is 5. The van der Waals surface area contributed by atoms with Crippen molar-refractivity contribution < 1.29 is 53.6 Å². The number of hydrogen-bond donors (Lipinski definition) is 1. The predicted molar refractivity (Wildman–Crippen MR) is 182 cm³/mol. The number of nitrogens with one attached hydrogen (secondary N) is 1. The van der Waals surface area contributed by atoms with Crippen molar-refractivity contribution in [2.24, 2.45) is 13.0 Å². The second-order valence-corrected chi connectivity index (χ2v) is 15.8. The van der Waals surface area contributed by atoms with Gasteiger partial charge in [-0.2, -0.15) is 26.0 Å². The summed E-state index contributed by atoms with van der Waals surface area (Å²) in [6.07, 6.45) is -3.27. The monoisotopic (exact) mass is 770 g/mol. The summed E-state index contributed by atoms with van der Waals surface area (Å²) in [7, 11) is -4.32. The van der Waals surface area contributed by atoms with Crippen LogP contribution in [-0.4, -0.2) is 93.8 Å². The first-order valence-electron chi connectivity index (χ1n) is 16.9. The highest BCUT2D eigenvalue weighted by Gasteiger charge is 2.49. The Morgan fingerprint density at radius 2 is 1.85 bits per heavy atom. The third-order valence-electron chi connectivity index (χ3n) is 8.83. The highest BCUT2D eigenvalue weighted by Crippen LogP contribution is 2.40. The van der Waals surface area contributed by atoms with E-state index in [4.69, 9.17) is 19.4 Å². The first-order valence-corrected chi connectivity index (χ1v) is 18.3. The van der Waals surface area contributed by atoms with Crippen molar-refractivity contribution in [3.8, 4) is 17.3 Å². The molecular formula is C34H39F5N6O7S. The number of halogens is 5. The normalized spacial score (nSPS) is 17.2. The minimum Gasteiger partial charge on any atom is -0.455 e. The fourth-order valence-electron chi connectivity index (χ4n) is 6.15. The SMILES string of the molecule is CC(OS(=O)(=O)C(F)(F)F)C(F)Oc1cccc2cc(-c3nc4cc5c(nc4n3C)CCN(CC(CF)NC(=O)OC(C)(C)C)C5=O)n(CC3CC3)c12. The van der Waals surface area contributed by atoms with Crippen LogP contribution in [0.4, 0.5) is 26.7 Å². The fraction of sp³-hybridized carbons (Fsp3) is 0.529. The van der Waals surface area contributed by atoms with Gasteiger partial charge in [0.1, 0.15) is 29.6 Å². The third-order valence-corrected chi connectivity index (χ3v) is 9.95. The van der Waals surface area contributed by atoms with Crippen molar-refractivity contribution >= 4 is 44.2 Å². The van der Waals surface area contributed by atoms with Crippen molar-refractivity contribution in [2.75, 3.05) is 19.8 Å². The molecular weight excluding hydrogens is 731 g/mol. The Balaban J connectivity index is 1.30. The minimum absolute atomic E-state index is 0.0486. The maximum Gasteiger partial charge on any atom is 0.523 e. The summed E-state index contributed by atoms with van der Waals surface area (Å²) in [5.74, 6) is 0.279. The number of ether oxygens (including phenoxy) is 2. The second kappa shape index (κ2) is 14.0. The molecule has 4 heterocycles. The van der Waals surface area contributed by atoms with Gasteiger partial charge >= 0.3 is 21.7 Å². The number of benzene rings is 1. The number of aromatic nitrogens is 4. The number of imidazole rings is 1. The van der Waals surface area contributed by atoms with E-state index in [-0.39, 0.29) is 30.3 Å². The maximum absolute atomic E-state index is 15.2. The fourth-order valence-corrected chi connectivity index (χ4v) is 6.74. The minimum atomic E-state index is -6.07. The van der Waals surface area contributed by atoms with Gasteiger partial charge in [-0.05, 0) is 64.7 Å². The van der Waals surface area contributed by atoms with Gasteiger partial charge in [-0.3, -0.25) is 8.98 Å². The molecule has 1 saturated carbocycles. The second-order valence-electron chi connectivity index (χ2n) is 14.3. The predicted octanol–water partition coefficient (Wildman–Crippen LogP) is 5.79. The molecule has 1 aromatic carbocycles. The molecule has 0 spiro atoms. The zero-order valence-electron chi connectivity index (χ0n) is 29.5. The van der Waals surface area contributed by atoms with Crippen LogP contribution >= 0.6 is 0 Å². The van der Waals surface area contributed by atoms with E-state index in [1.807, 2.05) is 4.57 Å². The Bertz CT molecular complexity index is 2160. The Labute approximate surface area is 301 Å². The molecule has 2 aliphatic rings. The van der Waals surface area contributed by atoms with Gasteiger partial charge in [0.05, 0.1) is 28.5 Å². The summed E-state index contributed by atoms with van der Waals surface area (Å²) in [5.41, 5.74) is -3.83. The summed E-state index contributed by atoms with van der Waals surface area (Å²) >= 11 is 0. The molecule has 0 saturated heterocycles. The summed E-state index contributed by atoms with van der Waals surface area (Å²) in [6, 6.07) is 7.15. The zero-order valence-corrected chi connectivity index (χ0v) is 30.4. The highest BCUT2D eigenvalue weighted by atomic mass is 32.2. The van der Waals surface area contributed by atoms with Gasteiger partial charge in [-0.25, -0.2) is 19.2 Å². The molecule has 1 N–H and O–H groups in total. The maximum atomic E-state index is 15.2. The molecule has 1 fully saturated rings. The summed E-state index contributed by atoms with van der Waals surface area (Å²) in [4.78, 5) is 36.9. The number of fused-ring (bicyclic) bond motifs is 3. The van der Waals surface area contributed by atoms with Crippen LogP contribution in [0.2, 0.25) is 0 Å². The average molecular weight is 771 g/mol. The molecule has 0 radical (unpaired) electrons. The highest BCUT2D eigenvalue weighted by molar-refractivity contribution is 7.87. The molecule has 3 atom stereocenters. The number of aryl methyl sites for hydroxylation is 1. The van der Waals surface area contributed by atoms with Gasteiger partial charge in [0.15, 0.2) is 11.5 Å². The number of para-hydroxylation sites is 1. The molecule has 1 aliphatic carbocycles. The van der Waals surface area contributed by atoms with E-state index in [0.717, 1.165) is 19.8 Å². The first kappa shape index (κ1) is 38.2. The Kier molecular flexibility index (Phi) is 10.1. The number of rotatable bonds is 12. The van der Waals surface area contributed by atoms with Crippen molar-refractivity contribution in [2.45, 2.75) is 83.1 Å². The smallest absolute Gasteiger partial charge is 0.455 e. The molecule has 6 rings (SSSR count). The molecule has 3 unspecified atom stereocenters. The van der Waals surface area contributed by atoms with E-state index in [2.05, 4.69) is 9.50 Å². The Morgan fingerprint density at radius 1 is 1.13 bits per heavy atom. The van der Waals surface area contributed by atoms with Crippen LogP contribution in [0.3, 0.4) is 0 Å². The number of amides is 2. The van der Waals surface area contributed by atoms with Crippen molar-refractivity contribution in [1.82, 2.24) is 29.3 Å². The average Bonchev–Trinajstić information content (AvgIpc) is 3.73. The topological polar surface area (TPSA) is 147 Å². The van der Waals surface area contributed by atoms with Crippen LogP contribution < -0.4 is 10.1 Å². The number of alkyl carbamates (subject to hydrolysis) is 1. The lowest BCUT2D eigenvalue weighted by atomic mass is 10.0. The largest absolute Gasteiger partial charge is 0.523 e. The van der Waals surface area contributed by atoms with E-state index in [9.17, 15) is 35.6 Å². The van der Waals surface area contributed by atoms with Crippen LogP contribution in [0, 0.1) is 5.92 Å². The summed E-state index contributed by atoms with van der Waals surface area (Å²) in [5, 5.41) is 3.07. The summed E-state index contributed by atoms with van der Waals surface area (Å²) < 4.78 is 109. The zero-order chi connectivity index (χ0) is 38.6.